The van der Waals surface area contributed by atoms with E-state index in [1.807, 2.05) is 43.2 Å². The van der Waals surface area contributed by atoms with Crippen molar-refractivity contribution in [1.29, 1.82) is 0 Å². The lowest BCUT2D eigenvalue weighted by atomic mass is 10.1. The van der Waals surface area contributed by atoms with Crippen LogP contribution >= 0.6 is 11.3 Å². The average molecular weight is 382 g/mol. The maximum Gasteiger partial charge on any atom is 0.408 e. The second-order valence-corrected chi connectivity index (χ2v) is 8.42. The van der Waals surface area contributed by atoms with Gasteiger partial charge in [-0.3, -0.25) is 4.79 Å². The first-order valence-electron chi connectivity index (χ1n) is 9.36. The highest BCUT2D eigenvalue weighted by molar-refractivity contribution is 7.09. The van der Waals surface area contributed by atoms with Gasteiger partial charge < -0.3 is 15.0 Å². The first-order chi connectivity index (χ1) is 12.3. The standard InChI is InChI=1S/C20H33N2O3S/c1-6-8-12-17(21-19(24)25-20(3,4)5)18(23)22(13-9-7-2)15-16-11-10-14-26-16/h10-11,14,17H,1,6-9,12-13,15H2,2-5H3,(H,21,24). The van der Waals surface area contributed by atoms with Crippen molar-refractivity contribution in [2.45, 2.75) is 78.0 Å². The first-order valence-corrected chi connectivity index (χ1v) is 10.2. The zero-order chi connectivity index (χ0) is 19.6. The molecule has 0 aliphatic heterocycles. The number of nitrogens with one attached hydrogen (secondary N) is 1. The average Bonchev–Trinajstić information content (AvgIpc) is 3.06. The fourth-order valence-electron chi connectivity index (χ4n) is 2.48. The summed E-state index contributed by atoms with van der Waals surface area (Å²) in [4.78, 5) is 28.3. The number of rotatable bonds is 10. The highest BCUT2D eigenvalue weighted by Crippen LogP contribution is 2.16. The minimum Gasteiger partial charge on any atom is -0.444 e. The monoisotopic (exact) mass is 381 g/mol. The van der Waals surface area contributed by atoms with Gasteiger partial charge in [0.15, 0.2) is 0 Å². The Bertz CT molecular complexity index is 538. The van der Waals surface area contributed by atoms with Gasteiger partial charge in [0.05, 0.1) is 6.54 Å². The van der Waals surface area contributed by atoms with Crippen LogP contribution in [-0.4, -0.2) is 35.1 Å². The Morgan fingerprint density at radius 2 is 2.08 bits per heavy atom. The summed E-state index contributed by atoms with van der Waals surface area (Å²) in [6.07, 6.45) is 3.45. The topological polar surface area (TPSA) is 58.6 Å². The molecule has 1 aromatic heterocycles. The molecular formula is C20H33N2O3S. The summed E-state index contributed by atoms with van der Waals surface area (Å²) in [6.45, 7) is 12.6. The lowest BCUT2D eigenvalue weighted by Crippen LogP contribution is -2.49. The largest absolute Gasteiger partial charge is 0.444 e. The predicted octanol–water partition coefficient (Wildman–Crippen LogP) is 4.77. The Morgan fingerprint density at radius 1 is 1.35 bits per heavy atom. The molecule has 0 bridgehead atoms. The smallest absolute Gasteiger partial charge is 0.408 e. The molecule has 1 aromatic rings. The van der Waals surface area contributed by atoms with Gasteiger partial charge in [-0.2, -0.15) is 0 Å². The number of hydrogen-bond donors (Lipinski definition) is 1. The van der Waals surface area contributed by atoms with E-state index in [9.17, 15) is 9.59 Å². The minimum atomic E-state index is -0.594. The van der Waals surface area contributed by atoms with Crippen LogP contribution in [0, 0.1) is 6.92 Å². The van der Waals surface area contributed by atoms with Crippen molar-refractivity contribution in [3.63, 3.8) is 0 Å². The first kappa shape index (κ1) is 22.5. The van der Waals surface area contributed by atoms with Gasteiger partial charge in [-0.05, 0) is 45.1 Å². The number of unbranched alkanes of at least 4 members (excludes halogenated alkanes) is 2. The number of amides is 2. The SMILES string of the molecule is [CH2]CCCC(NC(=O)OC(C)(C)C)C(=O)N(CCCC)Cc1cccs1. The fraction of sp³-hybridized carbons (Fsp3) is 0.650. The fourth-order valence-corrected chi connectivity index (χ4v) is 3.20. The van der Waals surface area contributed by atoms with Gasteiger partial charge in [-0.1, -0.05) is 39.2 Å². The van der Waals surface area contributed by atoms with Gasteiger partial charge in [0.2, 0.25) is 5.91 Å². The van der Waals surface area contributed by atoms with Crippen molar-refractivity contribution in [2.24, 2.45) is 0 Å². The maximum absolute atomic E-state index is 13.1. The second kappa shape index (κ2) is 11.2. The third-order valence-corrected chi connectivity index (χ3v) is 4.61. The van der Waals surface area contributed by atoms with Crippen molar-refractivity contribution in [2.75, 3.05) is 6.54 Å². The molecular weight excluding hydrogens is 348 g/mol. The summed E-state index contributed by atoms with van der Waals surface area (Å²) >= 11 is 1.64. The summed E-state index contributed by atoms with van der Waals surface area (Å²) in [7, 11) is 0. The van der Waals surface area contributed by atoms with E-state index in [0.29, 0.717) is 19.5 Å². The quantitative estimate of drug-likeness (QED) is 0.635. The van der Waals surface area contributed by atoms with Crippen LogP contribution in [0.3, 0.4) is 0 Å². The molecule has 1 N–H and O–H groups in total. The lowest BCUT2D eigenvalue weighted by Gasteiger charge is -2.28. The summed E-state index contributed by atoms with van der Waals surface area (Å²) in [6, 6.07) is 3.44. The molecule has 0 saturated heterocycles. The summed E-state index contributed by atoms with van der Waals surface area (Å²) in [5.74, 6) is -0.0499. The van der Waals surface area contributed by atoms with E-state index in [1.165, 1.54) is 0 Å². The molecule has 0 fully saturated rings. The normalized spacial score (nSPS) is 12.5. The van der Waals surface area contributed by atoms with Crippen molar-refractivity contribution < 1.29 is 14.3 Å². The molecule has 0 aromatic carbocycles. The lowest BCUT2D eigenvalue weighted by molar-refractivity contribution is -0.134. The maximum atomic E-state index is 13.1. The molecule has 26 heavy (non-hydrogen) atoms. The third kappa shape index (κ3) is 8.70. The van der Waals surface area contributed by atoms with Crippen molar-refractivity contribution in [3.8, 4) is 0 Å². The van der Waals surface area contributed by atoms with Crippen LogP contribution in [0.4, 0.5) is 4.79 Å². The van der Waals surface area contributed by atoms with Crippen LogP contribution in [0.25, 0.3) is 0 Å². The molecule has 2 amide bonds. The van der Waals surface area contributed by atoms with Crippen LogP contribution < -0.4 is 5.32 Å². The molecule has 1 unspecified atom stereocenters. The molecule has 0 aliphatic carbocycles. The molecule has 5 nitrogen and oxygen atoms in total. The molecule has 6 heteroatoms. The van der Waals surface area contributed by atoms with Crippen molar-refractivity contribution in [1.82, 2.24) is 10.2 Å². The third-order valence-electron chi connectivity index (χ3n) is 3.75. The Hall–Kier alpha value is -1.56. The van der Waals surface area contributed by atoms with Gasteiger partial charge in [0.25, 0.3) is 0 Å². The van der Waals surface area contributed by atoms with Gasteiger partial charge in [0, 0.05) is 11.4 Å². The van der Waals surface area contributed by atoms with Gasteiger partial charge in [-0.15, -0.1) is 11.3 Å². The van der Waals surface area contributed by atoms with E-state index >= 15 is 0 Å². The molecule has 147 valence electrons. The number of hydrogen-bond acceptors (Lipinski definition) is 4. The highest BCUT2D eigenvalue weighted by atomic mass is 32.1. The highest BCUT2D eigenvalue weighted by Gasteiger charge is 2.27. The van der Waals surface area contributed by atoms with E-state index in [0.717, 1.165) is 30.6 Å². The number of ether oxygens (including phenoxy) is 1. The van der Waals surface area contributed by atoms with Gasteiger partial charge in [-0.25, -0.2) is 4.79 Å². The van der Waals surface area contributed by atoms with Crippen molar-refractivity contribution >= 4 is 23.3 Å². The van der Waals surface area contributed by atoms with E-state index < -0.39 is 17.7 Å². The van der Waals surface area contributed by atoms with E-state index in [4.69, 9.17) is 4.74 Å². The molecule has 1 rings (SSSR count). The summed E-state index contributed by atoms with van der Waals surface area (Å²) in [5.41, 5.74) is -0.594. The molecule has 0 saturated carbocycles. The zero-order valence-corrected chi connectivity index (χ0v) is 17.4. The summed E-state index contributed by atoms with van der Waals surface area (Å²) < 4.78 is 5.33. The number of thiophene rings is 1. The number of nitrogens with zero attached hydrogens (tertiary/aromatic N) is 1. The number of carbonyl (C=O) groups excluding carboxylic acids is 2. The van der Waals surface area contributed by atoms with E-state index in [-0.39, 0.29) is 5.91 Å². The molecule has 1 radical (unpaired) electrons. The van der Waals surface area contributed by atoms with E-state index in [1.54, 1.807) is 11.3 Å². The number of carbonyl (C=O) groups is 2. The Kier molecular flexibility index (Phi) is 9.70. The van der Waals surface area contributed by atoms with Gasteiger partial charge in [0.1, 0.15) is 11.6 Å². The number of alkyl carbamates (subject to hydrolysis) is 1. The summed E-state index contributed by atoms with van der Waals surface area (Å²) in [5, 5.41) is 4.78. The van der Waals surface area contributed by atoms with E-state index in [2.05, 4.69) is 19.2 Å². The molecule has 1 atom stereocenters. The van der Waals surface area contributed by atoms with Crippen LogP contribution in [0.2, 0.25) is 0 Å². The Morgan fingerprint density at radius 3 is 2.62 bits per heavy atom. The van der Waals surface area contributed by atoms with Crippen LogP contribution in [0.15, 0.2) is 17.5 Å². The van der Waals surface area contributed by atoms with Crippen LogP contribution in [0.5, 0.6) is 0 Å². The predicted molar refractivity (Wildman–Crippen MR) is 107 cm³/mol. The molecule has 1 heterocycles. The second-order valence-electron chi connectivity index (χ2n) is 7.39. The minimum absolute atomic E-state index is 0.0499. The molecule has 0 aliphatic rings. The Labute approximate surface area is 162 Å². The van der Waals surface area contributed by atoms with Crippen LogP contribution in [-0.2, 0) is 16.1 Å². The Balaban J connectivity index is 2.84. The van der Waals surface area contributed by atoms with Crippen LogP contribution in [0.1, 0.15) is 64.7 Å². The van der Waals surface area contributed by atoms with Crippen molar-refractivity contribution in [3.05, 3.63) is 29.3 Å². The molecule has 0 spiro atoms. The zero-order valence-electron chi connectivity index (χ0n) is 16.5. The van der Waals surface area contributed by atoms with Gasteiger partial charge >= 0.3 is 6.09 Å².